The van der Waals surface area contributed by atoms with Gasteiger partial charge in [0.05, 0.1) is 18.7 Å². The molecular formula is C20H17NO6. The van der Waals surface area contributed by atoms with Crippen LogP contribution in [0.4, 0.5) is 0 Å². The molecule has 0 unspecified atom stereocenters. The molecule has 0 atom stereocenters. The van der Waals surface area contributed by atoms with Crippen molar-refractivity contribution in [1.29, 1.82) is 5.26 Å². The quantitative estimate of drug-likeness (QED) is 0.438. The van der Waals surface area contributed by atoms with Crippen molar-refractivity contribution in [1.82, 2.24) is 0 Å². The van der Waals surface area contributed by atoms with Gasteiger partial charge in [-0.1, -0.05) is 12.1 Å². The molecule has 2 rings (SSSR count). The van der Waals surface area contributed by atoms with Gasteiger partial charge in [0.2, 0.25) is 5.76 Å². The molecule has 0 saturated carbocycles. The van der Waals surface area contributed by atoms with E-state index in [4.69, 9.17) is 14.6 Å². The number of methoxy groups -OCH3 is 1. The number of rotatable bonds is 7. The number of aliphatic hydroxyl groups excluding tert-OH is 1. The van der Waals surface area contributed by atoms with Gasteiger partial charge in [-0.2, -0.15) is 5.26 Å². The number of allylic oxidation sites excluding steroid dienone is 1. The first-order valence-corrected chi connectivity index (χ1v) is 7.84. The Morgan fingerprint density at radius 1 is 1.19 bits per heavy atom. The van der Waals surface area contributed by atoms with E-state index in [1.807, 2.05) is 0 Å². The molecule has 0 heterocycles. The van der Waals surface area contributed by atoms with Crippen molar-refractivity contribution in [3.63, 3.8) is 0 Å². The summed E-state index contributed by atoms with van der Waals surface area (Å²) in [4.78, 5) is 22.6. The van der Waals surface area contributed by atoms with E-state index in [2.05, 4.69) is 6.07 Å². The van der Waals surface area contributed by atoms with Crippen molar-refractivity contribution in [2.45, 2.75) is 13.5 Å². The summed E-state index contributed by atoms with van der Waals surface area (Å²) in [5.41, 5.74) is 2.03. The first-order chi connectivity index (χ1) is 12.8. The van der Waals surface area contributed by atoms with E-state index in [0.29, 0.717) is 28.7 Å². The summed E-state index contributed by atoms with van der Waals surface area (Å²) in [7, 11) is 1.53. The maximum absolute atomic E-state index is 12.0. The van der Waals surface area contributed by atoms with Crippen LogP contribution < -0.4 is 9.47 Å². The summed E-state index contributed by atoms with van der Waals surface area (Å²) >= 11 is 0. The molecule has 0 aromatic heterocycles. The molecule has 2 aromatic rings. The number of carboxylic acids is 1. The molecule has 2 aromatic carbocycles. The summed E-state index contributed by atoms with van der Waals surface area (Å²) in [6.07, 6.45) is 0.626. The summed E-state index contributed by atoms with van der Waals surface area (Å²) in [6.45, 7) is 1.87. The number of nitriles is 1. The van der Waals surface area contributed by atoms with Gasteiger partial charge in [0.15, 0.2) is 5.78 Å². The number of ether oxygens (including phenoxy) is 2. The Bertz CT molecular complexity index is 955. The summed E-state index contributed by atoms with van der Waals surface area (Å²) in [6, 6.07) is 11.7. The van der Waals surface area contributed by atoms with Crippen LogP contribution in [0.15, 0.2) is 48.2 Å². The van der Waals surface area contributed by atoms with E-state index >= 15 is 0 Å². The molecule has 7 nitrogen and oxygen atoms in total. The van der Waals surface area contributed by atoms with E-state index in [1.165, 1.54) is 19.2 Å². The van der Waals surface area contributed by atoms with Gasteiger partial charge in [0.1, 0.15) is 18.1 Å². The highest BCUT2D eigenvalue weighted by Crippen LogP contribution is 2.24. The van der Waals surface area contributed by atoms with Gasteiger partial charge in [0.25, 0.3) is 0 Å². The molecule has 0 fully saturated rings. The fraction of sp³-hybridized carbons (Fsp3) is 0.150. The number of aryl methyl sites for hydroxylation is 1. The Morgan fingerprint density at radius 3 is 2.56 bits per heavy atom. The van der Waals surface area contributed by atoms with Crippen molar-refractivity contribution in [2.75, 3.05) is 7.11 Å². The zero-order chi connectivity index (χ0) is 20.0. The summed E-state index contributed by atoms with van der Waals surface area (Å²) in [5, 5.41) is 27.1. The van der Waals surface area contributed by atoms with E-state index in [9.17, 15) is 20.0 Å². The smallest absolute Gasteiger partial charge is 0.371 e. The van der Waals surface area contributed by atoms with E-state index in [-0.39, 0.29) is 12.2 Å². The SMILES string of the molecule is COc1cc(C)c(C#N)c(COc2cccc(C(=O)/C=C(\O)C(=O)O)c2)c1. The zero-order valence-electron chi connectivity index (χ0n) is 14.7. The lowest BCUT2D eigenvalue weighted by atomic mass is 10.0. The van der Waals surface area contributed by atoms with Gasteiger partial charge < -0.3 is 19.7 Å². The van der Waals surface area contributed by atoms with Crippen molar-refractivity contribution >= 4 is 11.8 Å². The number of nitrogens with zero attached hydrogens (tertiary/aromatic N) is 1. The average Bonchev–Trinajstić information content (AvgIpc) is 2.65. The molecule has 0 aliphatic heterocycles. The second-order valence-corrected chi connectivity index (χ2v) is 5.61. The lowest BCUT2D eigenvalue weighted by Crippen LogP contribution is -2.05. The molecule has 0 aliphatic carbocycles. The van der Waals surface area contributed by atoms with Crippen molar-refractivity contribution in [3.8, 4) is 17.6 Å². The van der Waals surface area contributed by atoms with Crippen LogP contribution in [0.25, 0.3) is 0 Å². The minimum atomic E-state index is -1.59. The monoisotopic (exact) mass is 367 g/mol. The van der Waals surface area contributed by atoms with Gasteiger partial charge >= 0.3 is 5.97 Å². The minimum absolute atomic E-state index is 0.0782. The van der Waals surface area contributed by atoms with Gasteiger partial charge in [-0.3, -0.25) is 4.79 Å². The fourth-order valence-electron chi connectivity index (χ4n) is 2.39. The lowest BCUT2D eigenvalue weighted by molar-refractivity contribution is -0.135. The summed E-state index contributed by atoms with van der Waals surface area (Å²) in [5.74, 6) is -2.35. The Morgan fingerprint density at radius 2 is 1.93 bits per heavy atom. The molecule has 0 saturated heterocycles. The first kappa shape index (κ1) is 19.5. The minimum Gasteiger partial charge on any atom is -0.502 e. The molecular weight excluding hydrogens is 350 g/mol. The first-order valence-electron chi connectivity index (χ1n) is 7.84. The van der Waals surface area contributed by atoms with Gasteiger partial charge in [-0.25, -0.2) is 4.79 Å². The molecule has 7 heteroatoms. The Labute approximate surface area is 155 Å². The maximum Gasteiger partial charge on any atom is 0.371 e. The normalized spacial score (nSPS) is 10.8. The van der Waals surface area contributed by atoms with Crippen molar-refractivity contribution < 1.29 is 29.3 Å². The largest absolute Gasteiger partial charge is 0.502 e. The molecule has 138 valence electrons. The lowest BCUT2D eigenvalue weighted by Gasteiger charge is -2.12. The molecule has 2 N–H and O–H groups in total. The predicted molar refractivity (Wildman–Crippen MR) is 95.9 cm³/mol. The highest BCUT2D eigenvalue weighted by Gasteiger charge is 2.12. The van der Waals surface area contributed by atoms with E-state index in [0.717, 1.165) is 5.56 Å². The third kappa shape index (κ3) is 4.86. The number of carboxylic acid groups (broad SMARTS) is 1. The average molecular weight is 367 g/mol. The van der Waals surface area contributed by atoms with Crippen LogP contribution in [0.5, 0.6) is 11.5 Å². The zero-order valence-corrected chi connectivity index (χ0v) is 14.7. The van der Waals surface area contributed by atoms with Gasteiger partial charge in [0, 0.05) is 17.2 Å². The molecule has 0 spiro atoms. The Balaban J connectivity index is 2.22. The molecule has 0 aliphatic rings. The van der Waals surface area contributed by atoms with Crippen molar-refractivity contribution in [3.05, 3.63) is 70.5 Å². The third-order valence-corrected chi connectivity index (χ3v) is 3.74. The number of carbonyl (C=O) groups excluding carboxylic acids is 1. The van der Waals surface area contributed by atoms with Crippen LogP contribution >= 0.6 is 0 Å². The number of ketones is 1. The van der Waals surface area contributed by atoms with Gasteiger partial charge in [-0.05, 0) is 36.8 Å². The number of aliphatic carboxylic acids is 1. The molecule has 0 bridgehead atoms. The maximum atomic E-state index is 12.0. The van der Waals surface area contributed by atoms with Crippen molar-refractivity contribution in [2.24, 2.45) is 0 Å². The molecule has 27 heavy (non-hydrogen) atoms. The third-order valence-electron chi connectivity index (χ3n) is 3.74. The molecule has 0 radical (unpaired) electrons. The van der Waals surface area contributed by atoms with Crippen LogP contribution in [0.3, 0.4) is 0 Å². The number of hydrogen-bond donors (Lipinski definition) is 2. The standard InChI is InChI=1S/C20H17NO6/c1-12-6-16(26-2)8-14(17(12)10-21)11-27-15-5-3-4-13(7-15)18(22)9-19(23)20(24)25/h3-9,23H,11H2,1-2H3,(H,24,25)/b19-9-. The predicted octanol–water partition coefficient (Wildman–Crippen LogP) is 3.16. The van der Waals surface area contributed by atoms with Crippen LogP contribution in [0.1, 0.15) is 27.0 Å². The van der Waals surface area contributed by atoms with Crippen LogP contribution in [0.2, 0.25) is 0 Å². The van der Waals surface area contributed by atoms with E-state index in [1.54, 1.807) is 31.2 Å². The highest BCUT2D eigenvalue weighted by molar-refractivity contribution is 6.07. The number of benzene rings is 2. The molecule has 0 amide bonds. The second-order valence-electron chi connectivity index (χ2n) is 5.61. The Hall–Kier alpha value is -3.79. The van der Waals surface area contributed by atoms with E-state index < -0.39 is 17.5 Å². The van der Waals surface area contributed by atoms with Gasteiger partial charge in [-0.15, -0.1) is 0 Å². The highest BCUT2D eigenvalue weighted by atomic mass is 16.5. The number of hydrogen-bond acceptors (Lipinski definition) is 6. The number of aliphatic hydroxyl groups is 1. The van der Waals surface area contributed by atoms with Crippen LogP contribution in [-0.2, 0) is 11.4 Å². The number of carbonyl (C=O) groups is 2. The topological polar surface area (TPSA) is 117 Å². The Kier molecular flexibility index (Phi) is 6.18. The van der Waals surface area contributed by atoms with Crippen LogP contribution in [-0.4, -0.2) is 29.1 Å². The second kappa shape index (κ2) is 8.54. The van der Waals surface area contributed by atoms with Crippen LogP contribution in [0, 0.1) is 18.3 Å². The summed E-state index contributed by atoms with van der Waals surface area (Å²) < 4.78 is 10.9. The fourth-order valence-corrected chi connectivity index (χ4v) is 2.39.